The van der Waals surface area contributed by atoms with Crippen LogP contribution in [0.2, 0.25) is 0 Å². The number of likely N-dealkylation sites (tertiary alicyclic amines) is 1. The molecule has 0 aliphatic carbocycles. The lowest BCUT2D eigenvalue weighted by molar-refractivity contribution is -0.117. The number of hydrogen-bond donors (Lipinski definition) is 1. The van der Waals surface area contributed by atoms with Crippen LogP contribution in [0.3, 0.4) is 0 Å². The predicted octanol–water partition coefficient (Wildman–Crippen LogP) is 6.25. The number of carbonyl (C=O) groups is 2. The van der Waals surface area contributed by atoms with E-state index in [1.165, 1.54) is 19.3 Å². The number of nitrogens with zero attached hydrogens (tertiary/aromatic N) is 5. The smallest absolute Gasteiger partial charge is 0.249 e. The molecule has 1 fully saturated rings. The first-order chi connectivity index (χ1) is 20.1. The number of rotatable bonds is 7. The number of hydrogen-bond acceptors (Lipinski definition) is 6. The lowest BCUT2D eigenvalue weighted by atomic mass is 9.97. The monoisotopic (exact) mass is 560 g/mol. The Balaban J connectivity index is 1.40. The summed E-state index contributed by atoms with van der Waals surface area (Å²) in [7, 11) is 0. The van der Waals surface area contributed by atoms with Crippen LogP contribution >= 0.6 is 11.8 Å². The molecular formula is C32H28N6O2S. The number of amides is 1. The second-order valence-corrected chi connectivity index (χ2v) is 11.0. The summed E-state index contributed by atoms with van der Waals surface area (Å²) in [6.07, 6.45) is 5.53. The van der Waals surface area contributed by atoms with Crippen LogP contribution in [-0.2, 0) is 10.5 Å². The maximum absolute atomic E-state index is 13.8. The summed E-state index contributed by atoms with van der Waals surface area (Å²) >= 11 is 1.61. The third kappa shape index (κ3) is 5.52. The van der Waals surface area contributed by atoms with E-state index in [4.69, 9.17) is 10.1 Å². The highest BCUT2D eigenvalue weighted by molar-refractivity contribution is 7.98. The Morgan fingerprint density at radius 1 is 1.00 bits per heavy atom. The van der Waals surface area contributed by atoms with Gasteiger partial charge >= 0.3 is 0 Å². The van der Waals surface area contributed by atoms with Crippen LogP contribution in [0, 0.1) is 17.2 Å². The Bertz CT molecular complexity index is 1650. The number of Topliss-reactive ketones (excluding diaryl/α,β-unsaturated/α-hetero) is 1. The second-order valence-electron chi connectivity index (χ2n) is 10.0. The van der Waals surface area contributed by atoms with Gasteiger partial charge in [-0.05, 0) is 61.7 Å². The lowest BCUT2D eigenvalue weighted by Gasteiger charge is -2.24. The first-order valence-electron chi connectivity index (χ1n) is 13.6. The number of fused-ring (bicyclic) bond motifs is 3. The van der Waals surface area contributed by atoms with E-state index in [0.717, 1.165) is 40.6 Å². The van der Waals surface area contributed by atoms with Crippen LogP contribution in [0.4, 0.5) is 11.4 Å². The van der Waals surface area contributed by atoms with E-state index in [1.807, 2.05) is 60.9 Å². The quantitative estimate of drug-likeness (QED) is 0.124. The summed E-state index contributed by atoms with van der Waals surface area (Å²) in [5.41, 5.74) is 4.66. The standard InChI is InChI=1S/C32H28N6O2S/c33-19-26(32(40)35-22-10-4-1-5-11-22)31(39)29-27-20-41-28-15-14-23(34-21-37-16-8-3-9-17-37)18-25(28)30(27)38(36-29)24-12-6-2-7-13-24/h1-2,4-7,10-15,18,21,26H,3,8-9,16-17,20H2,(H,35,40). The third-order valence-corrected chi connectivity index (χ3v) is 8.36. The minimum absolute atomic E-state index is 0.138. The molecule has 4 aromatic rings. The first-order valence-corrected chi connectivity index (χ1v) is 14.6. The van der Waals surface area contributed by atoms with Crippen molar-refractivity contribution >= 4 is 41.2 Å². The second kappa shape index (κ2) is 11.8. The van der Waals surface area contributed by atoms with E-state index in [1.54, 1.807) is 40.7 Å². The number of anilines is 1. The Morgan fingerprint density at radius 3 is 2.46 bits per heavy atom. The molecule has 0 radical (unpaired) electrons. The van der Waals surface area contributed by atoms with Crippen molar-refractivity contribution in [1.82, 2.24) is 14.7 Å². The van der Waals surface area contributed by atoms with E-state index in [2.05, 4.69) is 16.3 Å². The number of benzene rings is 3. The van der Waals surface area contributed by atoms with Crippen LogP contribution in [0.5, 0.6) is 0 Å². The van der Waals surface area contributed by atoms with Crippen molar-refractivity contribution in [2.24, 2.45) is 10.9 Å². The van der Waals surface area contributed by atoms with Gasteiger partial charge in [0.15, 0.2) is 5.92 Å². The molecule has 1 amide bonds. The number of nitriles is 1. The Morgan fingerprint density at radius 2 is 1.73 bits per heavy atom. The van der Waals surface area contributed by atoms with Gasteiger partial charge in [0, 0.05) is 40.6 Å². The molecule has 41 heavy (non-hydrogen) atoms. The minimum Gasteiger partial charge on any atom is -0.363 e. The maximum Gasteiger partial charge on any atom is 0.249 e. The fourth-order valence-electron chi connectivity index (χ4n) is 5.17. The van der Waals surface area contributed by atoms with E-state index < -0.39 is 17.6 Å². The molecule has 1 N–H and O–H groups in total. The number of nitrogens with one attached hydrogen (secondary N) is 1. The fraction of sp³-hybridized carbons (Fsp3) is 0.219. The van der Waals surface area contributed by atoms with Gasteiger partial charge < -0.3 is 10.2 Å². The van der Waals surface area contributed by atoms with E-state index in [9.17, 15) is 14.9 Å². The number of thioether (sulfide) groups is 1. The zero-order valence-electron chi connectivity index (χ0n) is 22.4. The summed E-state index contributed by atoms with van der Waals surface area (Å²) in [5.74, 6) is -2.34. The van der Waals surface area contributed by atoms with Crippen LogP contribution in [0.25, 0.3) is 16.9 Å². The molecule has 3 aromatic carbocycles. The van der Waals surface area contributed by atoms with Gasteiger partial charge in [-0.25, -0.2) is 9.67 Å². The molecule has 6 rings (SSSR count). The molecule has 1 saturated heterocycles. The number of piperidine rings is 1. The molecule has 8 nitrogen and oxygen atoms in total. The van der Waals surface area contributed by atoms with Crippen molar-refractivity contribution < 1.29 is 9.59 Å². The molecule has 0 saturated carbocycles. The highest BCUT2D eigenvalue weighted by Gasteiger charge is 2.35. The molecule has 0 spiro atoms. The first kappa shape index (κ1) is 26.5. The summed E-state index contributed by atoms with van der Waals surface area (Å²) < 4.78 is 1.75. The Kier molecular flexibility index (Phi) is 7.65. The maximum atomic E-state index is 13.8. The zero-order valence-corrected chi connectivity index (χ0v) is 23.2. The summed E-state index contributed by atoms with van der Waals surface area (Å²) in [6, 6.07) is 26.4. The van der Waals surface area contributed by atoms with Gasteiger partial charge in [0.1, 0.15) is 5.69 Å². The average molecular weight is 561 g/mol. The average Bonchev–Trinajstić information content (AvgIpc) is 3.42. The van der Waals surface area contributed by atoms with Gasteiger partial charge in [-0.1, -0.05) is 36.4 Å². The van der Waals surface area contributed by atoms with Gasteiger partial charge in [-0.15, -0.1) is 11.8 Å². The van der Waals surface area contributed by atoms with Crippen LogP contribution in [0.15, 0.2) is 88.8 Å². The number of carbonyl (C=O) groups excluding carboxylic acids is 2. The van der Waals surface area contributed by atoms with Crippen LogP contribution < -0.4 is 5.32 Å². The molecule has 1 aromatic heterocycles. The predicted molar refractivity (Wildman–Crippen MR) is 161 cm³/mol. The number of para-hydroxylation sites is 2. The van der Waals surface area contributed by atoms with E-state index in [-0.39, 0.29) is 5.69 Å². The Hall–Kier alpha value is -4.68. The molecule has 2 aliphatic rings. The van der Waals surface area contributed by atoms with Gasteiger partial charge in [-0.2, -0.15) is 10.4 Å². The zero-order chi connectivity index (χ0) is 28.2. The topological polar surface area (TPSA) is 103 Å². The molecule has 1 unspecified atom stereocenters. The number of ketones is 1. The van der Waals surface area contributed by atoms with E-state index in [0.29, 0.717) is 17.0 Å². The highest BCUT2D eigenvalue weighted by Crippen LogP contribution is 2.45. The normalized spacial score (nSPS) is 15.0. The van der Waals surface area contributed by atoms with Crippen molar-refractivity contribution in [2.45, 2.75) is 29.9 Å². The van der Waals surface area contributed by atoms with Crippen molar-refractivity contribution in [2.75, 3.05) is 18.4 Å². The molecule has 9 heteroatoms. The summed E-state index contributed by atoms with van der Waals surface area (Å²) in [4.78, 5) is 34.9. The highest BCUT2D eigenvalue weighted by atomic mass is 32.2. The van der Waals surface area contributed by atoms with E-state index >= 15 is 0 Å². The molecule has 204 valence electrons. The number of aromatic nitrogens is 2. The lowest BCUT2D eigenvalue weighted by Crippen LogP contribution is -2.29. The Labute approximate surface area is 242 Å². The van der Waals surface area contributed by atoms with Crippen molar-refractivity contribution in [1.29, 1.82) is 5.26 Å². The summed E-state index contributed by atoms with van der Waals surface area (Å²) in [5, 5.41) is 17.3. The van der Waals surface area contributed by atoms with Crippen LogP contribution in [-0.4, -0.2) is 45.8 Å². The fourth-order valence-corrected chi connectivity index (χ4v) is 6.22. The largest absolute Gasteiger partial charge is 0.363 e. The van der Waals surface area contributed by atoms with Gasteiger partial charge in [0.25, 0.3) is 0 Å². The third-order valence-electron chi connectivity index (χ3n) is 7.26. The van der Waals surface area contributed by atoms with Crippen molar-refractivity contribution in [3.05, 3.63) is 90.1 Å². The molecule has 3 heterocycles. The van der Waals surface area contributed by atoms with Gasteiger partial charge in [-0.3, -0.25) is 9.59 Å². The number of aliphatic imine (C=N–C) groups is 1. The van der Waals surface area contributed by atoms with Crippen molar-refractivity contribution in [3.8, 4) is 23.0 Å². The van der Waals surface area contributed by atoms with Crippen LogP contribution in [0.1, 0.15) is 35.3 Å². The molecule has 1 atom stereocenters. The SMILES string of the molecule is N#CC(C(=O)Nc1ccccc1)C(=O)c1nn(-c2ccccc2)c2c1CSc1ccc(N=CN3CCCCC3)cc1-2. The molecule has 2 aliphatic heterocycles. The summed E-state index contributed by atoms with van der Waals surface area (Å²) in [6.45, 7) is 2.02. The van der Waals surface area contributed by atoms with Gasteiger partial charge in [0.05, 0.1) is 29.5 Å². The van der Waals surface area contributed by atoms with Gasteiger partial charge in [0.2, 0.25) is 11.7 Å². The van der Waals surface area contributed by atoms with Crippen molar-refractivity contribution in [3.63, 3.8) is 0 Å². The molecule has 0 bridgehead atoms. The minimum atomic E-state index is -1.54. The molecular weight excluding hydrogens is 532 g/mol.